The minimum atomic E-state index is 0.318. The zero-order valence-corrected chi connectivity index (χ0v) is 15.1. The summed E-state index contributed by atoms with van der Waals surface area (Å²) in [5.74, 6) is 0. The van der Waals surface area contributed by atoms with Gasteiger partial charge in [0.1, 0.15) is 0 Å². The molecule has 0 amide bonds. The van der Waals surface area contributed by atoms with Crippen molar-refractivity contribution < 1.29 is 0 Å². The minimum absolute atomic E-state index is 0.318. The number of hydrogen-bond donors (Lipinski definition) is 2. The van der Waals surface area contributed by atoms with Crippen molar-refractivity contribution in [3.63, 3.8) is 0 Å². The number of nitrogens with one attached hydrogen (secondary N) is 2. The lowest BCUT2D eigenvalue weighted by Crippen LogP contribution is -2.36. The molecule has 0 saturated carbocycles. The monoisotopic (exact) mass is 333 g/mol. The van der Waals surface area contributed by atoms with E-state index >= 15 is 0 Å². The predicted molar refractivity (Wildman–Crippen MR) is 101 cm³/mol. The maximum Gasteiger partial charge on any atom is 0.170 e. The Morgan fingerprint density at radius 1 is 1.27 bits per heavy atom. The Balaban J connectivity index is 1.94. The SMILES string of the molecule is Cc1ccc(NC(=S)NC[C@H](c2cccs2)N(C)C)c(C)c1. The number of hydrogen-bond acceptors (Lipinski definition) is 3. The van der Waals surface area contributed by atoms with Crippen molar-refractivity contribution in [2.75, 3.05) is 26.0 Å². The van der Waals surface area contributed by atoms with E-state index in [1.54, 1.807) is 11.3 Å². The van der Waals surface area contributed by atoms with Crippen LogP contribution in [-0.2, 0) is 0 Å². The largest absolute Gasteiger partial charge is 0.360 e. The van der Waals surface area contributed by atoms with Gasteiger partial charge >= 0.3 is 0 Å². The standard InChI is InChI=1S/C17H23N3S2/c1-12-7-8-14(13(2)10-12)19-17(21)18-11-15(20(3)4)16-6-5-9-22-16/h5-10,15H,11H2,1-4H3,(H2,18,19,21)/t15-/m1/s1. The van der Waals surface area contributed by atoms with Crippen LogP contribution in [0, 0.1) is 13.8 Å². The molecule has 1 atom stereocenters. The van der Waals surface area contributed by atoms with E-state index in [0.717, 1.165) is 12.2 Å². The van der Waals surface area contributed by atoms with Gasteiger partial charge in [-0.15, -0.1) is 11.3 Å². The van der Waals surface area contributed by atoms with Gasteiger partial charge in [0, 0.05) is 17.1 Å². The van der Waals surface area contributed by atoms with E-state index in [1.165, 1.54) is 16.0 Å². The van der Waals surface area contributed by atoms with Gasteiger partial charge in [0.2, 0.25) is 0 Å². The molecule has 0 aliphatic heterocycles. The van der Waals surface area contributed by atoms with Crippen LogP contribution in [-0.4, -0.2) is 30.7 Å². The van der Waals surface area contributed by atoms with E-state index in [2.05, 4.69) is 79.2 Å². The fraction of sp³-hybridized carbons (Fsp3) is 0.353. The summed E-state index contributed by atoms with van der Waals surface area (Å²) in [6, 6.07) is 10.9. The zero-order chi connectivity index (χ0) is 16.1. The Hall–Kier alpha value is -1.43. The molecule has 0 bridgehead atoms. The smallest absolute Gasteiger partial charge is 0.170 e. The molecule has 2 aromatic rings. The number of likely N-dealkylation sites (N-methyl/N-ethyl adjacent to an activating group) is 1. The van der Waals surface area contributed by atoms with Crippen LogP contribution in [0.15, 0.2) is 35.7 Å². The number of thiocarbonyl (C=S) groups is 1. The average molecular weight is 334 g/mol. The van der Waals surface area contributed by atoms with Crippen molar-refractivity contribution in [2.24, 2.45) is 0 Å². The van der Waals surface area contributed by atoms with Gasteiger partial charge in [-0.2, -0.15) is 0 Å². The highest BCUT2D eigenvalue weighted by molar-refractivity contribution is 7.80. The molecule has 22 heavy (non-hydrogen) atoms. The van der Waals surface area contributed by atoms with Gasteiger partial charge < -0.3 is 15.5 Å². The quantitative estimate of drug-likeness (QED) is 0.810. The third-order valence-corrected chi connectivity index (χ3v) is 4.80. The van der Waals surface area contributed by atoms with Crippen LogP contribution in [0.1, 0.15) is 22.0 Å². The molecule has 5 heteroatoms. The molecule has 0 spiro atoms. The maximum absolute atomic E-state index is 5.43. The number of thiophene rings is 1. The van der Waals surface area contributed by atoms with E-state index in [4.69, 9.17) is 12.2 Å². The summed E-state index contributed by atoms with van der Waals surface area (Å²) in [6.45, 7) is 4.96. The van der Waals surface area contributed by atoms with Crippen LogP contribution < -0.4 is 10.6 Å². The van der Waals surface area contributed by atoms with E-state index in [0.29, 0.717) is 11.2 Å². The van der Waals surface area contributed by atoms with Gasteiger partial charge in [-0.1, -0.05) is 23.8 Å². The molecular weight excluding hydrogens is 310 g/mol. The summed E-state index contributed by atoms with van der Waals surface area (Å²) >= 11 is 7.20. The molecule has 0 aliphatic carbocycles. The molecule has 3 nitrogen and oxygen atoms in total. The first kappa shape index (κ1) is 16.9. The molecule has 2 rings (SSSR count). The lowest BCUT2D eigenvalue weighted by molar-refractivity contribution is 0.303. The number of rotatable bonds is 5. The predicted octanol–water partition coefficient (Wildman–Crippen LogP) is 3.95. The van der Waals surface area contributed by atoms with Gasteiger partial charge in [0.15, 0.2) is 5.11 Å². The van der Waals surface area contributed by atoms with Crippen LogP contribution >= 0.6 is 23.6 Å². The first-order chi connectivity index (χ1) is 10.5. The molecule has 0 unspecified atom stereocenters. The summed E-state index contributed by atoms with van der Waals surface area (Å²) in [4.78, 5) is 3.55. The van der Waals surface area contributed by atoms with E-state index < -0.39 is 0 Å². The summed E-state index contributed by atoms with van der Waals surface area (Å²) in [5.41, 5.74) is 3.51. The molecule has 0 radical (unpaired) electrons. The van der Waals surface area contributed by atoms with Gasteiger partial charge in [0.05, 0.1) is 6.04 Å². The molecule has 118 valence electrons. The molecule has 1 heterocycles. The van der Waals surface area contributed by atoms with E-state index in [1.807, 2.05) is 0 Å². The van der Waals surface area contributed by atoms with Crippen molar-refractivity contribution in [3.05, 3.63) is 51.7 Å². The Morgan fingerprint density at radius 2 is 2.05 bits per heavy atom. The maximum atomic E-state index is 5.43. The average Bonchev–Trinajstić information content (AvgIpc) is 2.96. The molecule has 0 aliphatic rings. The first-order valence-electron chi connectivity index (χ1n) is 7.29. The highest BCUT2D eigenvalue weighted by atomic mass is 32.1. The molecule has 0 fully saturated rings. The molecule has 2 N–H and O–H groups in total. The van der Waals surface area contributed by atoms with Crippen molar-refractivity contribution in [3.8, 4) is 0 Å². The van der Waals surface area contributed by atoms with Crippen molar-refractivity contribution in [2.45, 2.75) is 19.9 Å². The normalized spacial score (nSPS) is 12.2. The number of nitrogens with zero attached hydrogens (tertiary/aromatic N) is 1. The summed E-state index contributed by atoms with van der Waals surface area (Å²) in [5, 5.41) is 9.38. The van der Waals surface area contributed by atoms with E-state index in [9.17, 15) is 0 Å². The minimum Gasteiger partial charge on any atom is -0.360 e. The zero-order valence-electron chi connectivity index (χ0n) is 13.5. The Labute approximate surface area is 142 Å². The van der Waals surface area contributed by atoms with Crippen LogP contribution in [0.4, 0.5) is 5.69 Å². The van der Waals surface area contributed by atoms with Crippen LogP contribution in [0.25, 0.3) is 0 Å². The van der Waals surface area contributed by atoms with Gasteiger partial charge in [-0.05, 0) is 63.2 Å². The Bertz CT molecular complexity index is 621. The molecular formula is C17H23N3S2. The highest BCUT2D eigenvalue weighted by Crippen LogP contribution is 2.22. The second kappa shape index (κ2) is 7.72. The van der Waals surface area contributed by atoms with Crippen LogP contribution in [0.5, 0.6) is 0 Å². The third-order valence-electron chi connectivity index (χ3n) is 3.58. The lowest BCUT2D eigenvalue weighted by Gasteiger charge is -2.24. The summed E-state index contributed by atoms with van der Waals surface area (Å²) in [6.07, 6.45) is 0. The number of benzene rings is 1. The lowest BCUT2D eigenvalue weighted by atomic mass is 10.1. The van der Waals surface area contributed by atoms with Gasteiger partial charge in [0.25, 0.3) is 0 Å². The van der Waals surface area contributed by atoms with Gasteiger partial charge in [-0.3, -0.25) is 0 Å². The summed E-state index contributed by atoms with van der Waals surface area (Å²) < 4.78 is 0. The van der Waals surface area contributed by atoms with Crippen LogP contribution in [0.2, 0.25) is 0 Å². The van der Waals surface area contributed by atoms with Gasteiger partial charge in [-0.25, -0.2) is 0 Å². The molecule has 0 saturated heterocycles. The highest BCUT2D eigenvalue weighted by Gasteiger charge is 2.15. The number of aryl methyl sites for hydroxylation is 2. The van der Waals surface area contributed by atoms with Crippen molar-refractivity contribution in [1.29, 1.82) is 0 Å². The molecule has 1 aromatic heterocycles. The summed E-state index contributed by atoms with van der Waals surface area (Å²) in [7, 11) is 4.18. The Kier molecular flexibility index (Phi) is 5.94. The topological polar surface area (TPSA) is 27.3 Å². The second-order valence-electron chi connectivity index (χ2n) is 5.65. The fourth-order valence-corrected chi connectivity index (χ4v) is 3.44. The number of anilines is 1. The Morgan fingerprint density at radius 3 is 2.64 bits per heavy atom. The second-order valence-corrected chi connectivity index (χ2v) is 7.04. The third kappa shape index (κ3) is 4.53. The van der Waals surface area contributed by atoms with Crippen LogP contribution in [0.3, 0.4) is 0 Å². The molecule has 1 aromatic carbocycles. The first-order valence-corrected chi connectivity index (χ1v) is 8.58. The van der Waals surface area contributed by atoms with Crippen molar-refractivity contribution >= 4 is 34.4 Å². The fourth-order valence-electron chi connectivity index (χ4n) is 2.33. The van der Waals surface area contributed by atoms with E-state index in [-0.39, 0.29) is 0 Å². The van der Waals surface area contributed by atoms with Crippen molar-refractivity contribution in [1.82, 2.24) is 10.2 Å².